The van der Waals surface area contributed by atoms with Crippen LogP contribution in [0.15, 0.2) is 24.3 Å². The highest BCUT2D eigenvalue weighted by Gasteiger charge is 2.30. The first-order valence-electron chi connectivity index (χ1n) is 7.05. The molecular formula is C15H15N3O4. The Kier molecular flexibility index (Phi) is 3.62. The second-order valence-corrected chi connectivity index (χ2v) is 5.42. The van der Waals surface area contributed by atoms with E-state index in [2.05, 4.69) is 10.3 Å². The Balaban J connectivity index is 1.93. The van der Waals surface area contributed by atoms with Crippen LogP contribution >= 0.6 is 0 Å². The molecule has 1 fully saturated rings. The Morgan fingerprint density at radius 2 is 2.00 bits per heavy atom. The summed E-state index contributed by atoms with van der Waals surface area (Å²) in [6.45, 7) is 0.313. The van der Waals surface area contributed by atoms with Gasteiger partial charge in [0.2, 0.25) is 0 Å². The summed E-state index contributed by atoms with van der Waals surface area (Å²) in [6.07, 6.45) is 2.94. The Labute approximate surface area is 126 Å². The van der Waals surface area contributed by atoms with E-state index in [9.17, 15) is 14.7 Å². The number of carboxylic acids is 2. The summed E-state index contributed by atoms with van der Waals surface area (Å²) in [7, 11) is 0. The molecule has 1 saturated carbocycles. The maximum absolute atomic E-state index is 11.3. The van der Waals surface area contributed by atoms with E-state index < -0.39 is 11.9 Å². The van der Waals surface area contributed by atoms with Crippen molar-refractivity contribution in [3.63, 3.8) is 0 Å². The normalized spacial score (nSPS) is 14.5. The van der Waals surface area contributed by atoms with Crippen LogP contribution in [0.4, 0.5) is 0 Å². The first-order chi connectivity index (χ1) is 10.6. The number of benzene rings is 1. The fraction of sp³-hybridized carbons (Fsp3) is 0.333. The monoisotopic (exact) mass is 301 g/mol. The van der Waals surface area contributed by atoms with Crippen molar-refractivity contribution >= 4 is 11.9 Å². The summed E-state index contributed by atoms with van der Waals surface area (Å²) < 4.78 is 1.58. The van der Waals surface area contributed by atoms with Gasteiger partial charge in [-0.15, -0.1) is 5.10 Å². The van der Waals surface area contributed by atoms with Crippen LogP contribution in [0.3, 0.4) is 0 Å². The SMILES string of the molecule is O=C(O)c1cccc(Cn2nnc(C(=O)O)c2C2CCC2)c1. The van der Waals surface area contributed by atoms with Crippen molar-refractivity contribution in [2.75, 3.05) is 0 Å². The van der Waals surface area contributed by atoms with E-state index in [1.54, 1.807) is 22.9 Å². The number of hydrogen-bond acceptors (Lipinski definition) is 4. The van der Waals surface area contributed by atoms with Gasteiger partial charge in [-0.2, -0.15) is 0 Å². The molecule has 0 amide bonds. The molecule has 0 bridgehead atoms. The summed E-state index contributed by atoms with van der Waals surface area (Å²) in [6, 6.07) is 6.54. The van der Waals surface area contributed by atoms with Crippen LogP contribution in [0.1, 0.15) is 57.3 Å². The van der Waals surface area contributed by atoms with Gasteiger partial charge in [0, 0.05) is 5.92 Å². The molecule has 114 valence electrons. The number of rotatable bonds is 5. The van der Waals surface area contributed by atoms with Gasteiger partial charge in [0.05, 0.1) is 17.8 Å². The van der Waals surface area contributed by atoms with Crippen molar-refractivity contribution in [2.45, 2.75) is 31.7 Å². The van der Waals surface area contributed by atoms with Crippen LogP contribution < -0.4 is 0 Å². The van der Waals surface area contributed by atoms with Crippen LogP contribution in [0.25, 0.3) is 0 Å². The molecule has 7 heteroatoms. The highest BCUT2D eigenvalue weighted by Crippen LogP contribution is 2.37. The summed E-state index contributed by atoms with van der Waals surface area (Å²) in [5.41, 5.74) is 1.59. The van der Waals surface area contributed by atoms with E-state index in [1.807, 2.05) is 0 Å². The average Bonchev–Trinajstić information content (AvgIpc) is 2.81. The third-order valence-electron chi connectivity index (χ3n) is 3.97. The van der Waals surface area contributed by atoms with E-state index in [1.165, 1.54) is 6.07 Å². The molecule has 0 spiro atoms. The number of carboxylic acid groups (broad SMARTS) is 2. The van der Waals surface area contributed by atoms with E-state index in [0.29, 0.717) is 12.2 Å². The fourth-order valence-electron chi connectivity index (χ4n) is 2.65. The Hall–Kier alpha value is -2.70. The zero-order valence-electron chi connectivity index (χ0n) is 11.8. The van der Waals surface area contributed by atoms with E-state index in [4.69, 9.17) is 5.11 Å². The van der Waals surface area contributed by atoms with E-state index in [-0.39, 0.29) is 17.2 Å². The molecule has 22 heavy (non-hydrogen) atoms. The van der Waals surface area contributed by atoms with Crippen molar-refractivity contribution < 1.29 is 19.8 Å². The third kappa shape index (κ3) is 2.57. The van der Waals surface area contributed by atoms with Gasteiger partial charge < -0.3 is 10.2 Å². The van der Waals surface area contributed by atoms with Crippen molar-refractivity contribution in [1.82, 2.24) is 15.0 Å². The van der Waals surface area contributed by atoms with Gasteiger partial charge in [-0.1, -0.05) is 23.8 Å². The van der Waals surface area contributed by atoms with E-state index in [0.717, 1.165) is 24.8 Å². The number of carbonyl (C=O) groups is 2. The van der Waals surface area contributed by atoms with Crippen molar-refractivity contribution in [3.05, 3.63) is 46.8 Å². The predicted molar refractivity (Wildman–Crippen MR) is 76.1 cm³/mol. The van der Waals surface area contributed by atoms with Crippen molar-refractivity contribution in [1.29, 1.82) is 0 Å². The Morgan fingerprint density at radius 1 is 1.23 bits per heavy atom. The molecule has 0 saturated heterocycles. The number of aromatic carboxylic acids is 2. The third-order valence-corrected chi connectivity index (χ3v) is 3.97. The molecule has 1 aliphatic carbocycles. The standard InChI is InChI=1S/C15H15N3O4/c19-14(20)11-6-1-3-9(7-11)8-18-13(10-4-2-5-10)12(15(21)22)16-17-18/h1,3,6-7,10H,2,4-5,8H2,(H,19,20)(H,21,22). The molecule has 2 aromatic rings. The van der Waals surface area contributed by atoms with Crippen molar-refractivity contribution in [2.24, 2.45) is 0 Å². The predicted octanol–water partition coefficient (Wildman–Crippen LogP) is 1.99. The second-order valence-electron chi connectivity index (χ2n) is 5.42. The van der Waals surface area contributed by atoms with Gasteiger partial charge in [0.15, 0.2) is 5.69 Å². The largest absolute Gasteiger partial charge is 0.478 e. The topological polar surface area (TPSA) is 105 Å². The first kappa shape index (κ1) is 14.2. The molecule has 0 unspecified atom stereocenters. The van der Waals surface area contributed by atoms with E-state index >= 15 is 0 Å². The lowest BCUT2D eigenvalue weighted by atomic mass is 9.82. The molecule has 1 aromatic carbocycles. The fourth-order valence-corrected chi connectivity index (χ4v) is 2.65. The molecular weight excluding hydrogens is 286 g/mol. The molecule has 3 rings (SSSR count). The van der Waals surface area contributed by atoms with Gasteiger partial charge in [-0.25, -0.2) is 14.3 Å². The van der Waals surface area contributed by atoms with Crippen LogP contribution in [0.2, 0.25) is 0 Å². The van der Waals surface area contributed by atoms with Crippen LogP contribution in [0, 0.1) is 0 Å². The average molecular weight is 301 g/mol. The van der Waals surface area contributed by atoms with Crippen molar-refractivity contribution in [3.8, 4) is 0 Å². The quantitative estimate of drug-likeness (QED) is 0.875. The Bertz CT molecular complexity index is 734. The molecule has 1 heterocycles. The lowest BCUT2D eigenvalue weighted by Crippen LogP contribution is -2.18. The highest BCUT2D eigenvalue weighted by molar-refractivity contribution is 5.88. The Morgan fingerprint density at radius 3 is 2.59 bits per heavy atom. The maximum Gasteiger partial charge on any atom is 0.358 e. The zero-order valence-corrected chi connectivity index (χ0v) is 11.8. The summed E-state index contributed by atoms with van der Waals surface area (Å²) >= 11 is 0. The number of hydrogen-bond donors (Lipinski definition) is 2. The highest BCUT2D eigenvalue weighted by atomic mass is 16.4. The van der Waals surface area contributed by atoms with Crippen LogP contribution in [-0.2, 0) is 6.54 Å². The lowest BCUT2D eigenvalue weighted by molar-refractivity contribution is 0.0680. The van der Waals surface area contributed by atoms with Gasteiger partial charge >= 0.3 is 11.9 Å². The summed E-state index contributed by atoms with van der Waals surface area (Å²) in [5.74, 6) is -1.90. The van der Waals surface area contributed by atoms with Gasteiger partial charge in [0.1, 0.15) is 0 Å². The minimum absolute atomic E-state index is 0.000843. The van der Waals surface area contributed by atoms with Gasteiger partial charge in [-0.3, -0.25) is 0 Å². The molecule has 0 atom stereocenters. The summed E-state index contributed by atoms with van der Waals surface area (Å²) in [4.78, 5) is 22.3. The second kappa shape index (κ2) is 5.59. The molecule has 7 nitrogen and oxygen atoms in total. The molecule has 2 N–H and O–H groups in total. The smallest absolute Gasteiger partial charge is 0.358 e. The molecule has 0 radical (unpaired) electrons. The lowest BCUT2D eigenvalue weighted by Gasteiger charge is -2.26. The zero-order chi connectivity index (χ0) is 15.7. The molecule has 1 aliphatic rings. The van der Waals surface area contributed by atoms with Crippen LogP contribution in [-0.4, -0.2) is 37.1 Å². The number of aromatic nitrogens is 3. The van der Waals surface area contributed by atoms with Gasteiger partial charge in [-0.05, 0) is 30.5 Å². The number of nitrogens with zero attached hydrogens (tertiary/aromatic N) is 3. The minimum atomic E-state index is -1.08. The van der Waals surface area contributed by atoms with Crippen LogP contribution in [0.5, 0.6) is 0 Å². The molecule has 1 aromatic heterocycles. The first-order valence-corrected chi connectivity index (χ1v) is 7.05. The van der Waals surface area contributed by atoms with Gasteiger partial charge in [0.25, 0.3) is 0 Å². The minimum Gasteiger partial charge on any atom is -0.478 e. The summed E-state index contributed by atoms with van der Waals surface area (Å²) in [5, 5.41) is 26.0. The molecule has 0 aliphatic heterocycles. The maximum atomic E-state index is 11.3.